The maximum atomic E-state index is 12.8. The van der Waals surface area contributed by atoms with E-state index < -0.39 is 16.5 Å². The molecule has 4 rings (SSSR count). The Balaban J connectivity index is 1.70. The highest BCUT2D eigenvalue weighted by atomic mass is 32.1. The number of aromatic nitrogens is 3. The van der Waals surface area contributed by atoms with Crippen LogP contribution in [0.25, 0.3) is 16.2 Å². The van der Waals surface area contributed by atoms with Gasteiger partial charge in [-0.3, -0.25) is 20.2 Å². The van der Waals surface area contributed by atoms with E-state index in [4.69, 9.17) is 14.2 Å². The molecule has 164 valence electrons. The molecule has 0 unspecified atom stereocenters. The molecule has 1 amide bonds. The lowest BCUT2D eigenvalue weighted by atomic mass is 10.1. The molecule has 2 aromatic heterocycles. The summed E-state index contributed by atoms with van der Waals surface area (Å²) in [5.41, 5.74) is 0.888. The Kier molecular flexibility index (Phi) is 5.60. The first kappa shape index (κ1) is 21.1. The van der Waals surface area contributed by atoms with Crippen molar-refractivity contribution in [2.75, 3.05) is 26.6 Å². The average Bonchev–Trinajstić information content (AvgIpc) is 3.38. The molecular weight excluding hydrogens is 438 g/mol. The SMILES string of the molecule is COc1cc(C(=O)Nc2nc3scc(-c4ccccc4OC)n3n2)c([N+](=O)[O-])cc1OC. The third-order valence-electron chi connectivity index (χ3n) is 4.63. The minimum Gasteiger partial charge on any atom is -0.496 e. The number of carbonyl (C=O) groups is 1. The normalized spacial score (nSPS) is 10.7. The van der Waals surface area contributed by atoms with Gasteiger partial charge in [-0.05, 0) is 12.1 Å². The number of rotatable bonds is 7. The van der Waals surface area contributed by atoms with Gasteiger partial charge in [0.1, 0.15) is 11.3 Å². The van der Waals surface area contributed by atoms with E-state index in [2.05, 4.69) is 15.4 Å². The van der Waals surface area contributed by atoms with Crippen LogP contribution in [-0.4, -0.2) is 46.8 Å². The Bertz CT molecular complexity index is 1330. The van der Waals surface area contributed by atoms with Crippen LogP contribution in [0.3, 0.4) is 0 Å². The summed E-state index contributed by atoms with van der Waals surface area (Å²) in [6.07, 6.45) is 0. The Morgan fingerprint density at radius 3 is 2.47 bits per heavy atom. The molecule has 32 heavy (non-hydrogen) atoms. The molecule has 12 heteroatoms. The third-order valence-corrected chi connectivity index (χ3v) is 5.45. The van der Waals surface area contributed by atoms with Crippen molar-refractivity contribution in [3.8, 4) is 28.5 Å². The fraction of sp³-hybridized carbons (Fsp3) is 0.150. The molecule has 1 N–H and O–H groups in total. The molecule has 0 saturated carbocycles. The zero-order valence-electron chi connectivity index (χ0n) is 17.2. The van der Waals surface area contributed by atoms with Crippen molar-refractivity contribution in [3.05, 3.63) is 57.5 Å². The number of nitrogens with zero attached hydrogens (tertiary/aromatic N) is 4. The van der Waals surface area contributed by atoms with Crippen LogP contribution in [0.1, 0.15) is 10.4 Å². The summed E-state index contributed by atoms with van der Waals surface area (Å²) in [6.45, 7) is 0. The van der Waals surface area contributed by atoms with E-state index in [1.54, 1.807) is 11.6 Å². The summed E-state index contributed by atoms with van der Waals surface area (Å²) in [5, 5.41) is 20.2. The fourth-order valence-electron chi connectivity index (χ4n) is 3.15. The summed E-state index contributed by atoms with van der Waals surface area (Å²) < 4.78 is 17.2. The summed E-state index contributed by atoms with van der Waals surface area (Å²) in [5.74, 6) is 0.226. The number of hydrogen-bond donors (Lipinski definition) is 1. The second-order valence-corrected chi connectivity index (χ2v) is 7.22. The number of fused-ring (bicyclic) bond motifs is 1. The molecule has 0 spiro atoms. The van der Waals surface area contributed by atoms with Crippen molar-refractivity contribution in [2.24, 2.45) is 0 Å². The van der Waals surface area contributed by atoms with E-state index in [-0.39, 0.29) is 23.0 Å². The Morgan fingerprint density at radius 1 is 1.09 bits per heavy atom. The summed E-state index contributed by atoms with van der Waals surface area (Å²) >= 11 is 1.33. The van der Waals surface area contributed by atoms with E-state index in [0.29, 0.717) is 10.7 Å². The molecule has 2 aromatic carbocycles. The van der Waals surface area contributed by atoms with Gasteiger partial charge in [-0.2, -0.15) is 4.98 Å². The van der Waals surface area contributed by atoms with Crippen LogP contribution in [0.15, 0.2) is 41.8 Å². The van der Waals surface area contributed by atoms with Crippen molar-refractivity contribution < 1.29 is 23.9 Å². The smallest absolute Gasteiger partial charge is 0.286 e. The lowest BCUT2D eigenvalue weighted by Gasteiger charge is -2.10. The lowest BCUT2D eigenvalue weighted by Crippen LogP contribution is -2.15. The standard InChI is InChI=1S/C20H17N5O6S/c1-29-15-7-5-4-6-11(15)14-10-32-20-22-19(23-24(14)20)21-18(26)12-8-16(30-2)17(31-3)9-13(12)25(27)28/h4-10H,1-3H3,(H,21,23,26). The van der Waals surface area contributed by atoms with Gasteiger partial charge in [0.15, 0.2) is 11.5 Å². The van der Waals surface area contributed by atoms with Crippen LogP contribution >= 0.6 is 11.3 Å². The Morgan fingerprint density at radius 2 is 1.78 bits per heavy atom. The molecule has 2 heterocycles. The summed E-state index contributed by atoms with van der Waals surface area (Å²) in [6, 6.07) is 9.81. The summed E-state index contributed by atoms with van der Waals surface area (Å²) in [4.78, 5) is 28.5. The first-order chi connectivity index (χ1) is 15.5. The molecule has 0 aliphatic rings. The van der Waals surface area contributed by atoms with Crippen LogP contribution in [0.5, 0.6) is 17.2 Å². The van der Waals surface area contributed by atoms with Crippen LogP contribution in [0, 0.1) is 10.1 Å². The highest BCUT2D eigenvalue weighted by Crippen LogP contribution is 2.35. The summed E-state index contributed by atoms with van der Waals surface area (Å²) in [7, 11) is 4.30. The number of ether oxygens (including phenoxy) is 3. The van der Waals surface area contributed by atoms with Crippen molar-refractivity contribution in [2.45, 2.75) is 0 Å². The number of para-hydroxylation sites is 1. The third kappa shape index (κ3) is 3.67. The number of hydrogen-bond acceptors (Lipinski definition) is 9. The number of amides is 1. The van der Waals surface area contributed by atoms with Gasteiger partial charge in [0.2, 0.25) is 4.96 Å². The molecule has 0 bridgehead atoms. The molecular formula is C20H17N5O6S. The molecule has 0 aliphatic heterocycles. The lowest BCUT2D eigenvalue weighted by molar-refractivity contribution is -0.385. The van der Waals surface area contributed by atoms with Crippen LogP contribution in [0.4, 0.5) is 11.6 Å². The van der Waals surface area contributed by atoms with Crippen molar-refractivity contribution in [3.63, 3.8) is 0 Å². The number of nitro benzene ring substituents is 1. The van der Waals surface area contributed by atoms with Gasteiger partial charge in [0.05, 0.1) is 38.0 Å². The molecule has 11 nitrogen and oxygen atoms in total. The highest BCUT2D eigenvalue weighted by molar-refractivity contribution is 7.15. The second kappa shape index (κ2) is 8.51. The monoisotopic (exact) mass is 455 g/mol. The van der Waals surface area contributed by atoms with Crippen LogP contribution in [0.2, 0.25) is 0 Å². The highest BCUT2D eigenvalue weighted by Gasteiger charge is 2.26. The van der Waals surface area contributed by atoms with E-state index >= 15 is 0 Å². The van der Waals surface area contributed by atoms with Crippen LogP contribution in [-0.2, 0) is 0 Å². The number of anilines is 1. The molecule has 0 atom stereocenters. The van der Waals surface area contributed by atoms with Crippen molar-refractivity contribution in [1.29, 1.82) is 0 Å². The average molecular weight is 455 g/mol. The topological polar surface area (TPSA) is 130 Å². The van der Waals surface area contributed by atoms with Gasteiger partial charge in [0.25, 0.3) is 17.5 Å². The number of methoxy groups -OCH3 is 3. The number of carbonyl (C=O) groups excluding carboxylic acids is 1. The van der Waals surface area contributed by atoms with Crippen molar-refractivity contribution in [1.82, 2.24) is 14.6 Å². The maximum absolute atomic E-state index is 12.8. The second-order valence-electron chi connectivity index (χ2n) is 6.39. The maximum Gasteiger partial charge on any atom is 0.286 e. The fourth-order valence-corrected chi connectivity index (χ4v) is 3.97. The largest absolute Gasteiger partial charge is 0.496 e. The number of benzene rings is 2. The van der Waals surface area contributed by atoms with E-state index in [0.717, 1.165) is 17.3 Å². The number of thiazole rings is 1. The number of nitro groups is 1. The van der Waals surface area contributed by atoms with Crippen molar-refractivity contribution >= 4 is 33.8 Å². The predicted molar refractivity (Wildman–Crippen MR) is 117 cm³/mol. The van der Waals surface area contributed by atoms with Gasteiger partial charge in [-0.25, -0.2) is 4.52 Å². The van der Waals surface area contributed by atoms with E-state index in [1.807, 2.05) is 29.6 Å². The molecule has 0 saturated heterocycles. The van der Waals surface area contributed by atoms with Gasteiger partial charge in [0, 0.05) is 17.0 Å². The Hall–Kier alpha value is -4.19. The zero-order chi connectivity index (χ0) is 22.8. The first-order valence-corrected chi connectivity index (χ1v) is 10.0. The molecule has 0 radical (unpaired) electrons. The molecule has 4 aromatic rings. The van der Waals surface area contributed by atoms with Gasteiger partial charge < -0.3 is 14.2 Å². The van der Waals surface area contributed by atoms with Gasteiger partial charge >= 0.3 is 0 Å². The molecule has 0 fully saturated rings. The zero-order valence-corrected chi connectivity index (χ0v) is 18.0. The minimum absolute atomic E-state index is 0.00193. The van der Waals surface area contributed by atoms with Gasteiger partial charge in [-0.1, -0.05) is 12.1 Å². The molecule has 0 aliphatic carbocycles. The number of nitrogens with one attached hydrogen (secondary N) is 1. The quantitative estimate of drug-likeness (QED) is 0.330. The predicted octanol–water partition coefficient (Wildman–Crippen LogP) is 3.64. The first-order valence-electron chi connectivity index (χ1n) is 9.16. The minimum atomic E-state index is -0.755. The Labute approximate surface area is 185 Å². The van der Waals surface area contributed by atoms with Crippen LogP contribution < -0.4 is 19.5 Å². The van der Waals surface area contributed by atoms with E-state index in [9.17, 15) is 14.9 Å². The van der Waals surface area contributed by atoms with Gasteiger partial charge in [-0.15, -0.1) is 16.4 Å². The van der Waals surface area contributed by atoms with E-state index in [1.165, 1.54) is 31.6 Å².